The number of hydrogen-bond donors (Lipinski definition) is 7. The summed E-state index contributed by atoms with van der Waals surface area (Å²) in [5.41, 5.74) is 0.625. The first kappa shape index (κ1) is 38.6. The smallest absolute Gasteiger partial charge is 0.328 e. The molecule has 44 heavy (non-hydrogen) atoms. The number of hydrogen-bond acceptors (Lipinski definition) is 10. The quantitative estimate of drug-likeness (QED) is 0.0861. The average Bonchev–Trinajstić information content (AvgIpc) is 3.36. The number of aliphatic carboxylic acids is 2. The molecule has 15 nitrogen and oxygen atoms in total. The molecular weight excluding hydrogens is 574 g/mol. The number of carbonyl (C=O) groups is 5. The number of Topliss-reactive ketones (excluding diaryl/α,β-unsaturated/α-hetero) is 1. The number of aliphatic hydroxyl groups is 1. The van der Waals surface area contributed by atoms with Gasteiger partial charge < -0.3 is 36.6 Å². The summed E-state index contributed by atoms with van der Waals surface area (Å²) in [6, 6.07) is -3.99. The van der Waals surface area contributed by atoms with E-state index in [1.165, 1.54) is 6.92 Å². The molecule has 1 aromatic heterocycles. The van der Waals surface area contributed by atoms with E-state index in [9.17, 15) is 39.3 Å². The minimum atomic E-state index is -1.40. The van der Waals surface area contributed by atoms with Crippen molar-refractivity contribution in [1.82, 2.24) is 36.3 Å². The first-order chi connectivity index (χ1) is 20.5. The highest BCUT2D eigenvalue weighted by Gasteiger charge is 2.30. The Hall–Kier alpha value is -3.43. The second kappa shape index (κ2) is 19.1. The van der Waals surface area contributed by atoms with Crippen LogP contribution in [0.25, 0.3) is 0 Å². The maximum atomic E-state index is 12.9. The summed E-state index contributed by atoms with van der Waals surface area (Å²) in [5.74, 6) is -3.99. The molecule has 0 fully saturated rings. The normalized spacial score (nSPS) is 15.1. The van der Waals surface area contributed by atoms with Crippen LogP contribution in [-0.2, 0) is 36.9 Å². The van der Waals surface area contributed by atoms with Crippen molar-refractivity contribution in [3.8, 4) is 0 Å². The van der Waals surface area contributed by atoms with E-state index in [-0.39, 0.29) is 30.2 Å². The first-order valence-corrected chi connectivity index (χ1v) is 15.2. The number of nitrogens with zero attached hydrogens (tertiary/aromatic N) is 3. The van der Waals surface area contributed by atoms with Crippen LogP contribution in [0.1, 0.15) is 86.3 Å². The molecule has 0 aliphatic rings. The van der Waals surface area contributed by atoms with Gasteiger partial charge in [-0.25, -0.2) is 4.79 Å². The summed E-state index contributed by atoms with van der Waals surface area (Å²) < 4.78 is 1.65. The van der Waals surface area contributed by atoms with Gasteiger partial charge in [-0.2, -0.15) is 0 Å². The van der Waals surface area contributed by atoms with E-state index in [0.29, 0.717) is 37.9 Å². The highest BCUT2D eigenvalue weighted by molar-refractivity contribution is 5.93. The molecule has 250 valence electrons. The van der Waals surface area contributed by atoms with Gasteiger partial charge in [-0.15, -0.1) is 5.10 Å². The predicted octanol–water partition coefficient (Wildman–Crippen LogP) is 0.249. The van der Waals surface area contributed by atoms with Gasteiger partial charge in [0.15, 0.2) is 11.8 Å². The Morgan fingerprint density at radius 2 is 1.41 bits per heavy atom. The van der Waals surface area contributed by atoms with Crippen LogP contribution in [0.15, 0.2) is 6.20 Å². The third-order valence-electron chi connectivity index (χ3n) is 6.76. The molecular formula is C29H51N7O8. The standard InChI is InChI=1S/C29H51N7O8/c1-16(2)26(40)21(32-28(42)23(14-24(38)39)31-18(5)6)12-11-20-15-36(35-34-20)13-9-8-10-22(30-17(3)4)27(41)33-25(19(7)37)29(43)44/h15-19,21-23,25,30-31,37H,8-14H2,1-7H3,(H,32,42)(H,33,41)(H,38,39)(H,43,44)/t19-,21+,22+,23+,25+/m1/s1. The van der Waals surface area contributed by atoms with Gasteiger partial charge in [-0.05, 0) is 39.0 Å². The van der Waals surface area contributed by atoms with E-state index in [4.69, 9.17) is 0 Å². The van der Waals surface area contributed by atoms with Gasteiger partial charge >= 0.3 is 11.9 Å². The van der Waals surface area contributed by atoms with Crippen LogP contribution in [0.2, 0.25) is 0 Å². The maximum Gasteiger partial charge on any atom is 0.328 e. The molecule has 0 saturated heterocycles. The number of aromatic nitrogens is 3. The van der Waals surface area contributed by atoms with Crippen LogP contribution in [0.4, 0.5) is 0 Å². The van der Waals surface area contributed by atoms with Crippen molar-refractivity contribution >= 4 is 29.5 Å². The van der Waals surface area contributed by atoms with Crippen LogP contribution in [0.3, 0.4) is 0 Å². The number of carboxylic acid groups (broad SMARTS) is 2. The van der Waals surface area contributed by atoms with Gasteiger partial charge in [0, 0.05) is 30.7 Å². The second-order valence-electron chi connectivity index (χ2n) is 12.0. The number of carbonyl (C=O) groups excluding carboxylic acids is 3. The molecule has 0 radical (unpaired) electrons. The summed E-state index contributed by atoms with van der Waals surface area (Å²) in [4.78, 5) is 61.1. The average molecular weight is 626 g/mol. The zero-order valence-corrected chi connectivity index (χ0v) is 26.9. The number of ketones is 1. The molecule has 0 aromatic carbocycles. The third kappa shape index (κ3) is 14.4. The van der Waals surface area contributed by atoms with Crippen molar-refractivity contribution in [2.45, 2.75) is 136 Å². The SMILES string of the molecule is CC(C)N[C@@H](CC(=O)O)C(=O)N[C@@H](CCc1cn(CCCC[C@H](NC(C)C)C(=O)N[C@H](C(=O)O)[C@@H](C)O)nn1)C(=O)C(C)C. The lowest BCUT2D eigenvalue weighted by molar-refractivity contribution is -0.145. The lowest BCUT2D eigenvalue weighted by Crippen LogP contribution is -2.54. The van der Waals surface area contributed by atoms with Crippen LogP contribution in [-0.4, -0.2) is 102 Å². The summed E-state index contributed by atoms with van der Waals surface area (Å²) in [7, 11) is 0. The van der Waals surface area contributed by atoms with E-state index in [1.54, 1.807) is 38.6 Å². The summed E-state index contributed by atoms with van der Waals surface area (Å²) in [6.07, 6.45) is 2.44. The number of amides is 2. The fourth-order valence-corrected chi connectivity index (χ4v) is 4.58. The Kier molecular flexibility index (Phi) is 16.7. The van der Waals surface area contributed by atoms with Gasteiger partial charge in [0.25, 0.3) is 0 Å². The fraction of sp³-hybridized carbons (Fsp3) is 0.759. The van der Waals surface area contributed by atoms with Gasteiger partial charge in [-0.1, -0.05) is 46.8 Å². The van der Waals surface area contributed by atoms with Gasteiger partial charge in [0.2, 0.25) is 11.8 Å². The molecule has 1 aromatic rings. The maximum absolute atomic E-state index is 12.9. The molecule has 0 spiro atoms. The monoisotopic (exact) mass is 625 g/mol. The molecule has 2 amide bonds. The number of carboxylic acids is 2. The summed E-state index contributed by atoms with van der Waals surface area (Å²) in [5, 5.41) is 47.7. The van der Waals surface area contributed by atoms with Crippen molar-refractivity contribution in [2.75, 3.05) is 0 Å². The Morgan fingerprint density at radius 1 is 0.818 bits per heavy atom. The van der Waals surface area contributed by atoms with Crippen molar-refractivity contribution in [3.05, 3.63) is 11.9 Å². The van der Waals surface area contributed by atoms with Gasteiger partial charge in [0.1, 0.15) is 0 Å². The third-order valence-corrected chi connectivity index (χ3v) is 6.76. The largest absolute Gasteiger partial charge is 0.481 e. The number of aliphatic hydroxyl groups excluding tert-OH is 1. The van der Waals surface area contributed by atoms with Crippen LogP contribution >= 0.6 is 0 Å². The second-order valence-corrected chi connectivity index (χ2v) is 12.0. The summed E-state index contributed by atoms with van der Waals surface area (Å²) in [6.45, 7) is 12.6. The Bertz CT molecular complexity index is 1090. The summed E-state index contributed by atoms with van der Waals surface area (Å²) >= 11 is 0. The van der Waals surface area contributed by atoms with Gasteiger partial charge in [0.05, 0.1) is 36.3 Å². The van der Waals surface area contributed by atoms with E-state index >= 15 is 0 Å². The molecule has 0 saturated carbocycles. The van der Waals surface area contributed by atoms with E-state index in [1.807, 2.05) is 13.8 Å². The van der Waals surface area contributed by atoms with Crippen LogP contribution < -0.4 is 21.3 Å². The van der Waals surface area contributed by atoms with Crippen LogP contribution in [0.5, 0.6) is 0 Å². The topological polar surface area (TPSA) is 225 Å². The highest BCUT2D eigenvalue weighted by atomic mass is 16.4. The fourth-order valence-electron chi connectivity index (χ4n) is 4.58. The molecule has 0 unspecified atom stereocenters. The minimum Gasteiger partial charge on any atom is -0.481 e. The molecule has 1 heterocycles. The predicted molar refractivity (Wildman–Crippen MR) is 162 cm³/mol. The van der Waals surface area contributed by atoms with Crippen LogP contribution in [0, 0.1) is 5.92 Å². The molecule has 7 N–H and O–H groups in total. The molecule has 0 aliphatic heterocycles. The lowest BCUT2D eigenvalue weighted by atomic mass is 9.96. The Labute approximate surface area is 258 Å². The van der Waals surface area contributed by atoms with Crippen molar-refractivity contribution < 1.29 is 39.3 Å². The number of unbranched alkanes of at least 4 members (excludes halogenated alkanes) is 1. The van der Waals surface area contributed by atoms with E-state index in [0.717, 1.165) is 0 Å². The zero-order valence-electron chi connectivity index (χ0n) is 26.9. The van der Waals surface area contributed by atoms with Crippen molar-refractivity contribution in [2.24, 2.45) is 5.92 Å². The molecule has 1 rings (SSSR count). The number of nitrogens with one attached hydrogen (secondary N) is 4. The Morgan fingerprint density at radius 3 is 1.93 bits per heavy atom. The lowest BCUT2D eigenvalue weighted by Gasteiger charge is -2.24. The van der Waals surface area contributed by atoms with Gasteiger partial charge in [-0.3, -0.25) is 23.9 Å². The van der Waals surface area contributed by atoms with E-state index in [2.05, 4.69) is 31.6 Å². The highest BCUT2D eigenvalue weighted by Crippen LogP contribution is 2.11. The van der Waals surface area contributed by atoms with E-state index < -0.39 is 60.4 Å². The van der Waals surface area contributed by atoms with Crippen molar-refractivity contribution in [3.63, 3.8) is 0 Å². The zero-order chi connectivity index (χ0) is 33.6. The molecule has 0 bridgehead atoms. The Balaban J connectivity index is 2.75. The van der Waals surface area contributed by atoms with Crippen molar-refractivity contribution in [1.29, 1.82) is 0 Å². The molecule has 0 aliphatic carbocycles. The molecule has 15 heteroatoms. The number of aryl methyl sites for hydroxylation is 2. The molecule has 5 atom stereocenters. The number of rotatable bonds is 22. The minimum absolute atomic E-state index is 0.0239. The first-order valence-electron chi connectivity index (χ1n) is 15.2.